The molecule has 0 radical (unpaired) electrons. The average Bonchev–Trinajstić information content (AvgIpc) is 2.63. The van der Waals surface area contributed by atoms with Crippen LogP contribution >= 0.6 is 0 Å². The third-order valence-electron chi connectivity index (χ3n) is 5.60. The fourth-order valence-electron chi connectivity index (χ4n) is 3.70. The van der Waals surface area contributed by atoms with Crippen LogP contribution in [0.15, 0.2) is 17.8 Å². The predicted molar refractivity (Wildman–Crippen MR) is 94.5 cm³/mol. The number of ether oxygens (including phenoxy) is 1. The van der Waals surface area contributed by atoms with E-state index in [1.807, 2.05) is 19.9 Å². The molecule has 5 nitrogen and oxygen atoms in total. The van der Waals surface area contributed by atoms with Crippen LogP contribution in [-0.2, 0) is 22.4 Å². The highest BCUT2D eigenvalue weighted by molar-refractivity contribution is 6.09. The van der Waals surface area contributed by atoms with Crippen LogP contribution in [0.1, 0.15) is 43.5 Å². The van der Waals surface area contributed by atoms with Gasteiger partial charge >= 0.3 is 0 Å². The number of rotatable bonds is 3. The lowest BCUT2D eigenvalue weighted by Crippen LogP contribution is -2.54. The summed E-state index contributed by atoms with van der Waals surface area (Å²) in [4.78, 5) is 16.9. The van der Waals surface area contributed by atoms with Crippen LogP contribution in [0.3, 0.4) is 0 Å². The summed E-state index contributed by atoms with van der Waals surface area (Å²) in [5.74, 6) is 2.42. The average molecular weight is 341 g/mol. The number of Topliss-reactive ketones (excluding diaryl/α,β-unsaturated/α-hetero) is 1. The van der Waals surface area contributed by atoms with E-state index in [1.54, 1.807) is 13.3 Å². The van der Waals surface area contributed by atoms with Crippen LogP contribution in [0.2, 0.25) is 0 Å². The maximum atomic E-state index is 12.5. The topological polar surface area (TPSA) is 59.4 Å². The highest BCUT2D eigenvalue weighted by Gasteiger charge is 2.47. The molecule has 1 saturated heterocycles. The first-order valence-electron chi connectivity index (χ1n) is 8.73. The lowest BCUT2D eigenvalue weighted by molar-refractivity contribution is -1.05. The number of quaternary nitrogens is 1. The molecule has 1 aliphatic carbocycles. The number of carbonyl (C=O) groups is 1. The van der Waals surface area contributed by atoms with Crippen molar-refractivity contribution in [1.29, 1.82) is 0 Å². The number of nitrogens with zero attached hydrogens (tertiary/aromatic N) is 2. The van der Waals surface area contributed by atoms with Gasteiger partial charge in [-0.3, -0.25) is 9.78 Å². The van der Waals surface area contributed by atoms with Crippen molar-refractivity contribution in [2.45, 2.75) is 45.1 Å². The van der Waals surface area contributed by atoms with Crippen LogP contribution in [0.5, 0.6) is 0 Å². The van der Waals surface area contributed by atoms with Gasteiger partial charge in [0.1, 0.15) is 18.7 Å². The zero-order valence-corrected chi connectivity index (χ0v) is 15.1. The van der Waals surface area contributed by atoms with Gasteiger partial charge in [0.25, 0.3) is 0 Å². The van der Waals surface area contributed by atoms with E-state index in [0.29, 0.717) is 37.2 Å². The minimum absolute atomic E-state index is 0.123. The van der Waals surface area contributed by atoms with Gasteiger partial charge in [0, 0.05) is 43.8 Å². The van der Waals surface area contributed by atoms with Crippen LogP contribution in [0.4, 0.5) is 0 Å². The van der Waals surface area contributed by atoms with Gasteiger partial charge in [-0.15, -0.1) is 11.1 Å². The first-order chi connectivity index (χ1) is 11.9. The normalized spacial score (nSPS) is 29.3. The lowest BCUT2D eigenvalue weighted by atomic mass is 9.85. The number of pyridine rings is 1. The highest BCUT2D eigenvalue weighted by Crippen LogP contribution is 2.40. The summed E-state index contributed by atoms with van der Waals surface area (Å²) in [7, 11) is 1.70. The summed E-state index contributed by atoms with van der Waals surface area (Å²) in [6.07, 6.45) is 9.82. The molecule has 0 aromatic carbocycles. The lowest BCUT2D eigenvalue weighted by Gasteiger charge is -2.43. The summed E-state index contributed by atoms with van der Waals surface area (Å²) < 4.78 is 5.27. The van der Waals surface area contributed by atoms with Crippen molar-refractivity contribution in [2.75, 3.05) is 20.2 Å². The number of likely N-dealkylation sites (tertiary alicyclic amines) is 1. The molecule has 1 N–H and O–H groups in total. The Labute approximate surface area is 148 Å². The van der Waals surface area contributed by atoms with Crippen molar-refractivity contribution in [3.05, 3.63) is 34.7 Å². The number of aromatic nitrogens is 1. The van der Waals surface area contributed by atoms with E-state index in [4.69, 9.17) is 11.2 Å². The monoisotopic (exact) mass is 341 g/mol. The molecule has 0 spiro atoms. The second-order valence-corrected chi connectivity index (χ2v) is 7.18. The molecule has 2 heterocycles. The van der Waals surface area contributed by atoms with Gasteiger partial charge in [0.15, 0.2) is 11.5 Å². The van der Waals surface area contributed by atoms with Crippen molar-refractivity contribution in [2.24, 2.45) is 0 Å². The number of methoxy groups -OCH3 is 1. The number of ketones is 1. The zero-order valence-electron chi connectivity index (χ0n) is 15.1. The number of fused-ring (bicyclic) bond motifs is 1. The van der Waals surface area contributed by atoms with Crippen molar-refractivity contribution in [3.63, 3.8) is 0 Å². The van der Waals surface area contributed by atoms with E-state index in [-0.39, 0.29) is 22.5 Å². The summed E-state index contributed by atoms with van der Waals surface area (Å²) in [5.41, 5.74) is 3.22. The predicted octanol–water partition coefficient (Wildman–Crippen LogP) is 2.52. The Morgan fingerprint density at radius 2 is 2.12 bits per heavy atom. The molecule has 1 aromatic rings. The molecule has 3 rings (SSSR count). The van der Waals surface area contributed by atoms with E-state index >= 15 is 0 Å². The molecule has 25 heavy (non-hydrogen) atoms. The SMILES string of the molecule is C#CC1=C([N+]2(O)CCC(C)(OC)CC2)c2cc(CC)ncc2CC1=O. The fraction of sp³-hybridized carbons (Fsp3) is 0.500. The largest absolute Gasteiger partial charge is 0.378 e. The zero-order chi connectivity index (χ0) is 18.2. The first-order valence-corrected chi connectivity index (χ1v) is 8.73. The maximum absolute atomic E-state index is 12.5. The number of aryl methyl sites for hydroxylation is 1. The van der Waals surface area contributed by atoms with E-state index in [9.17, 15) is 10.0 Å². The number of piperidine rings is 1. The second kappa shape index (κ2) is 6.38. The third kappa shape index (κ3) is 3.02. The highest BCUT2D eigenvalue weighted by atomic mass is 16.5. The molecular weight excluding hydrogens is 316 g/mol. The molecule has 0 unspecified atom stereocenters. The van der Waals surface area contributed by atoms with Gasteiger partial charge in [0.05, 0.1) is 5.60 Å². The molecule has 5 heteroatoms. The van der Waals surface area contributed by atoms with Gasteiger partial charge in [-0.2, -0.15) is 0 Å². The minimum Gasteiger partial charge on any atom is -0.378 e. The smallest absolute Gasteiger partial charge is 0.192 e. The quantitative estimate of drug-likeness (QED) is 0.678. The van der Waals surface area contributed by atoms with Gasteiger partial charge in [-0.25, -0.2) is 5.21 Å². The van der Waals surface area contributed by atoms with E-state index in [0.717, 1.165) is 23.2 Å². The molecular formula is C20H25N2O3+. The molecule has 1 aliphatic heterocycles. The molecule has 2 aliphatic rings. The standard InChI is InChI=1S/C20H25N2O3/c1-5-15-12-17-14(13-21-15)11-18(23)16(6-2)19(17)22(24)9-7-20(3,25-4)8-10-22/h2,12-13,24H,5,7-11H2,1,3-4H3/q+1. The first kappa shape index (κ1) is 17.8. The summed E-state index contributed by atoms with van der Waals surface area (Å²) in [5, 5.41) is 11.4. The third-order valence-corrected chi connectivity index (χ3v) is 5.60. The van der Waals surface area contributed by atoms with Crippen molar-refractivity contribution in [1.82, 2.24) is 4.98 Å². The molecule has 0 atom stereocenters. The molecule has 1 aromatic heterocycles. The number of hydrogen-bond donors (Lipinski definition) is 1. The van der Waals surface area contributed by atoms with Gasteiger partial charge in [-0.1, -0.05) is 12.8 Å². The van der Waals surface area contributed by atoms with E-state index in [2.05, 4.69) is 10.9 Å². The van der Waals surface area contributed by atoms with E-state index < -0.39 is 0 Å². The molecule has 132 valence electrons. The van der Waals surface area contributed by atoms with Crippen LogP contribution in [-0.4, -0.2) is 46.4 Å². The summed E-state index contributed by atoms with van der Waals surface area (Å²) in [6, 6.07) is 1.97. The minimum atomic E-state index is -0.315. The number of hydrogen-bond acceptors (Lipinski definition) is 4. The summed E-state index contributed by atoms with van der Waals surface area (Å²) in [6.45, 7) is 5.00. The number of terminal acetylenes is 1. The van der Waals surface area contributed by atoms with Crippen LogP contribution < -0.4 is 0 Å². The second-order valence-electron chi connectivity index (χ2n) is 7.18. The van der Waals surface area contributed by atoms with Crippen molar-refractivity contribution in [3.8, 4) is 12.3 Å². The molecule has 0 amide bonds. The number of carbonyl (C=O) groups excluding carboxylic acids is 1. The Kier molecular flexibility index (Phi) is 4.54. The van der Waals surface area contributed by atoms with Crippen molar-refractivity contribution >= 4 is 11.5 Å². The Bertz CT molecular complexity index is 781. The van der Waals surface area contributed by atoms with Gasteiger partial charge in [-0.05, 0) is 25.0 Å². The van der Waals surface area contributed by atoms with Gasteiger partial charge < -0.3 is 4.74 Å². The van der Waals surface area contributed by atoms with Crippen molar-refractivity contribution < 1.29 is 19.4 Å². The van der Waals surface area contributed by atoms with E-state index in [1.165, 1.54) is 0 Å². The van der Waals surface area contributed by atoms with Crippen LogP contribution in [0.25, 0.3) is 5.70 Å². The summed E-state index contributed by atoms with van der Waals surface area (Å²) >= 11 is 0. The Morgan fingerprint density at radius 1 is 1.44 bits per heavy atom. The number of hydroxylamine groups is 3. The van der Waals surface area contributed by atoms with Crippen LogP contribution in [0, 0.1) is 12.3 Å². The maximum Gasteiger partial charge on any atom is 0.192 e. The Morgan fingerprint density at radius 3 is 2.68 bits per heavy atom. The van der Waals surface area contributed by atoms with Gasteiger partial charge in [0.2, 0.25) is 0 Å². The molecule has 1 fully saturated rings. The Balaban J connectivity index is 2.12. The molecule has 0 bridgehead atoms. The fourth-order valence-corrected chi connectivity index (χ4v) is 3.70. The number of allylic oxidation sites excluding steroid dienone is 1. The Hall–Kier alpha value is -2.00. The molecule has 0 saturated carbocycles.